The van der Waals surface area contributed by atoms with Crippen molar-refractivity contribution in [1.29, 1.82) is 0 Å². The van der Waals surface area contributed by atoms with Gasteiger partial charge in [-0.25, -0.2) is 0 Å². The van der Waals surface area contributed by atoms with Gasteiger partial charge in [0.1, 0.15) is 11.5 Å². The third kappa shape index (κ3) is 6.18. The smallest absolute Gasteiger partial charge is 0.169 e. The zero-order chi connectivity index (χ0) is 28.7. The van der Waals surface area contributed by atoms with Gasteiger partial charge in [-0.3, -0.25) is 9.59 Å². The highest BCUT2D eigenvalue weighted by atomic mass is 16.5. The fourth-order valence-corrected chi connectivity index (χ4v) is 4.59. The summed E-state index contributed by atoms with van der Waals surface area (Å²) in [6.45, 7) is 21.3. The minimum atomic E-state index is -0.417. The molecule has 0 N–H and O–H groups in total. The second-order valence-electron chi connectivity index (χ2n) is 8.82. The van der Waals surface area contributed by atoms with E-state index in [4.69, 9.17) is 18.9 Å². The molecule has 0 radical (unpaired) electrons. The standard InChI is InChI=1S/C33H32O6/c1-9-36-29-14-13-24(19-30(29)37-10-2)31(25-15-20(5)32(38-11-3)27(17-25)22(7)34)26-16-21(6)33(39-12-4)28(18-26)23(8)35/h9-19,31H,1-4H2,5-8H3. The van der Waals surface area contributed by atoms with Crippen LogP contribution >= 0.6 is 0 Å². The summed E-state index contributed by atoms with van der Waals surface area (Å²) in [5.41, 5.74) is 4.78. The largest absolute Gasteiger partial charge is 0.465 e. The van der Waals surface area contributed by atoms with E-state index in [9.17, 15) is 9.59 Å². The monoisotopic (exact) mass is 524 g/mol. The molecule has 0 aromatic heterocycles. The SMILES string of the molecule is C=COc1ccc(C(c2cc(C)c(OC=C)c(C(C)=O)c2)c2cc(C)c(OC=C)c(C(C)=O)c2)cc1OC=C. The maximum Gasteiger partial charge on any atom is 0.169 e. The molecule has 0 aliphatic carbocycles. The number of Topliss-reactive ketones (excluding diaryl/α,β-unsaturated/α-hetero) is 2. The highest BCUT2D eigenvalue weighted by molar-refractivity contribution is 5.98. The van der Waals surface area contributed by atoms with Crippen LogP contribution < -0.4 is 18.9 Å². The lowest BCUT2D eigenvalue weighted by Crippen LogP contribution is -2.10. The molecular weight excluding hydrogens is 492 g/mol. The Labute approximate surface area is 229 Å². The first kappa shape index (κ1) is 28.7. The summed E-state index contributed by atoms with van der Waals surface area (Å²) in [6.07, 6.45) is 5.21. The van der Waals surface area contributed by atoms with Crippen molar-refractivity contribution >= 4 is 11.6 Å². The van der Waals surface area contributed by atoms with Gasteiger partial charge in [0.25, 0.3) is 0 Å². The highest BCUT2D eigenvalue weighted by Crippen LogP contribution is 2.41. The molecule has 0 aliphatic rings. The molecule has 0 aliphatic heterocycles. The fraction of sp³-hybridized carbons (Fsp3) is 0.152. The van der Waals surface area contributed by atoms with E-state index in [-0.39, 0.29) is 11.6 Å². The van der Waals surface area contributed by atoms with Crippen molar-refractivity contribution in [3.63, 3.8) is 0 Å². The zero-order valence-corrected chi connectivity index (χ0v) is 22.7. The lowest BCUT2D eigenvalue weighted by Gasteiger charge is -2.24. The molecule has 6 nitrogen and oxygen atoms in total. The molecule has 6 heteroatoms. The van der Waals surface area contributed by atoms with E-state index in [1.54, 1.807) is 18.2 Å². The molecule has 0 bridgehead atoms. The number of carbonyl (C=O) groups is 2. The molecule has 3 rings (SSSR count). The van der Waals surface area contributed by atoms with E-state index in [2.05, 4.69) is 26.3 Å². The Morgan fingerprint density at radius 2 is 1.05 bits per heavy atom. The van der Waals surface area contributed by atoms with Crippen molar-refractivity contribution in [1.82, 2.24) is 0 Å². The summed E-state index contributed by atoms with van der Waals surface area (Å²) in [6, 6.07) is 13.0. The van der Waals surface area contributed by atoms with Crippen molar-refractivity contribution in [2.75, 3.05) is 0 Å². The Morgan fingerprint density at radius 1 is 0.615 bits per heavy atom. The average Bonchev–Trinajstić information content (AvgIpc) is 2.88. The van der Waals surface area contributed by atoms with Crippen LogP contribution in [0.2, 0.25) is 0 Å². The fourth-order valence-electron chi connectivity index (χ4n) is 4.59. The van der Waals surface area contributed by atoms with Crippen LogP contribution in [0.4, 0.5) is 0 Å². The van der Waals surface area contributed by atoms with Crippen molar-refractivity contribution < 1.29 is 28.5 Å². The van der Waals surface area contributed by atoms with Crippen LogP contribution in [0.25, 0.3) is 0 Å². The Hall–Kier alpha value is -4.84. The number of carbonyl (C=O) groups excluding carboxylic acids is 2. The quantitative estimate of drug-likeness (QED) is 0.128. The second-order valence-corrected chi connectivity index (χ2v) is 8.82. The molecule has 0 saturated heterocycles. The maximum atomic E-state index is 12.7. The normalized spacial score (nSPS) is 10.4. The first-order chi connectivity index (χ1) is 18.7. The molecule has 0 amide bonds. The van der Waals surface area contributed by atoms with Gasteiger partial charge in [-0.15, -0.1) is 0 Å². The van der Waals surface area contributed by atoms with E-state index in [1.807, 2.05) is 38.1 Å². The first-order valence-electron chi connectivity index (χ1n) is 12.2. The molecule has 0 fully saturated rings. The number of ether oxygens (including phenoxy) is 4. The van der Waals surface area contributed by atoms with Crippen LogP contribution in [-0.2, 0) is 0 Å². The van der Waals surface area contributed by atoms with Crippen molar-refractivity contribution in [3.8, 4) is 23.0 Å². The summed E-state index contributed by atoms with van der Waals surface area (Å²) in [7, 11) is 0. The lowest BCUT2D eigenvalue weighted by molar-refractivity contribution is 0.100. The third-order valence-corrected chi connectivity index (χ3v) is 6.14. The summed E-state index contributed by atoms with van der Waals surface area (Å²) >= 11 is 0. The lowest BCUT2D eigenvalue weighted by atomic mass is 9.81. The van der Waals surface area contributed by atoms with Crippen LogP contribution in [-0.4, -0.2) is 11.6 Å². The van der Waals surface area contributed by atoms with Gasteiger partial charge in [0.15, 0.2) is 23.1 Å². The van der Waals surface area contributed by atoms with Crippen LogP contribution in [0.1, 0.15) is 68.3 Å². The summed E-state index contributed by atoms with van der Waals surface area (Å²) in [5, 5.41) is 0. The van der Waals surface area contributed by atoms with Crippen molar-refractivity contribution in [2.45, 2.75) is 33.6 Å². The van der Waals surface area contributed by atoms with Gasteiger partial charge in [0, 0.05) is 5.92 Å². The van der Waals surface area contributed by atoms with E-state index >= 15 is 0 Å². The third-order valence-electron chi connectivity index (χ3n) is 6.14. The van der Waals surface area contributed by atoms with Crippen molar-refractivity contribution in [2.24, 2.45) is 0 Å². The topological polar surface area (TPSA) is 71.1 Å². The second kappa shape index (κ2) is 12.6. The van der Waals surface area contributed by atoms with Crippen LogP contribution in [0, 0.1) is 13.8 Å². The molecule has 0 spiro atoms. The summed E-state index contributed by atoms with van der Waals surface area (Å²) in [5.74, 6) is 1.05. The van der Waals surface area contributed by atoms with Crippen LogP contribution in [0.3, 0.4) is 0 Å². The molecule has 3 aromatic rings. The number of benzene rings is 3. The number of aryl methyl sites for hydroxylation is 2. The number of rotatable bonds is 13. The number of hydrogen-bond acceptors (Lipinski definition) is 6. The van der Waals surface area contributed by atoms with E-state index in [0.29, 0.717) is 34.1 Å². The predicted octanol–water partition coefficient (Wildman–Crippen LogP) is 7.98. The minimum Gasteiger partial charge on any atom is -0.465 e. The minimum absolute atomic E-state index is 0.156. The Bertz CT molecular complexity index is 1390. The highest BCUT2D eigenvalue weighted by Gasteiger charge is 2.25. The molecule has 39 heavy (non-hydrogen) atoms. The van der Waals surface area contributed by atoms with Gasteiger partial charge in [-0.1, -0.05) is 44.5 Å². The van der Waals surface area contributed by atoms with Gasteiger partial charge in [0.2, 0.25) is 0 Å². The Balaban J connectivity index is 2.40. The van der Waals surface area contributed by atoms with Gasteiger partial charge in [-0.05, 0) is 79.8 Å². The molecule has 0 heterocycles. The Morgan fingerprint density at radius 3 is 1.46 bits per heavy atom. The van der Waals surface area contributed by atoms with Crippen molar-refractivity contribution in [3.05, 3.63) is 133 Å². The van der Waals surface area contributed by atoms with Crippen LogP contribution in [0.5, 0.6) is 23.0 Å². The average molecular weight is 525 g/mol. The molecule has 200 valence electrons. The molecule has 0 unspecified atom stereocenters. The Kier molecular flexibility index (Phi) is 9.29. The van der Waals surface area contributed by atoms with E-state index < -0.39 is 5.92 Å². The van der Waals surface area contributed by atoms with Gasteiger partial charge < -0.3 is 18.9 Å². The molecule has 0 atom stereocenters. The van der Waals surface area contributed by atoms with Gasteiger partial charge >= 0.3 is 0 Å². The molecule has 0 saturated carbocycles. The molecule has 3 aromatic carbocycles. The molecular formula is C33H32O6. The summed E-state index contributed by atoms with van der Waals surface area (Å²) in [4.78, 5) is 25.3. The van der Waals surface area contributed by atoms with Gasteiger partial charge in [0.05, 0.1) is 36.2 Å². The number of hydrogen-bond donors (Lipinski definition) is 0. The predicted molar refractivity (Wildman–Crippen MR) is 153 cm³/mol. The van der Waals surface area contributed by atoms with E-state index in [0.717, 1.165) is 27.8 Å². The van der Waals surface area contributed by atoms with Crippen LogP contribution in [0.15, 0.2) is 93.8 Å². The van der Waals surface area contributed by atoms with E-state index in [1.165, 1.54) is 38.9 Å². The maximum absolute atomic E-state index is 12.7. The van der Waals surface area contributed by atoms with Gasteiger partial charge in [-0.2, -0.15) is 0 Å². The summed E-state index contributed by atoms with van der Waals surface area (Å²) < 4.78 is 22.4. The number of ketones is 2. The first-order valence-corrected chi connectivity index (χ1v) is 12.2. The zero-order valence-electron chi connectivity index (χ0n) is 22.7.